The van der Waals surface area contributed by atoms with E-state index in [2.05, 4.69) is 18.7 Å². The highest BCUT2D eigenvalue weighted by molar-refractivity contribution is 7.89. The number of anilines is 1. The standard InChI is InChI=1S/C17H26N2O3S/c1-12-7-13(2)11-19(10-12)23(20,21)17-9-16-15(8-14(17)3)18(4)5-6-22-16/h8-9,12-13H,5-7,10-11H2,1-4H3/t12-,13-/m1/s1. The number of sulfonamides is 1. The van der Waals surface area contributed by atoms with Crippen molar-refractivity contribution >= 4 is 15.7 Å². The summed E-state index contributed by atoms with van der Waals surface area (Å²) in [6.45, 7) is 8.72. The number of benzene rings is 1. The fourth-order valence-corrected chi connectivity index (χ4v) is 5.60. The van der Waals surface area contributed by atoms with Crippen LogP contribution in [0.4, 0.5) is 5.69 Å². The number of hydrogen-bond donors (Lipinski definition) is 0. The summed E-state index contributed by atoms with van der Waals surface area (Å²) in [7, 11) is -1.47. The number of hydrogen-bond acceptors (Lipinski definition) is 4. The number of piperidine rings is 1. The van der Waals surface area contributed by atoms with E-state index < -0.39 is 10.0 Å². The molecule has 0 bridgehead atoms. The fraction of sp³-hybridized carbons (Fsp3) is 0.647. The molecule has 0 N–H and O–H groups in total. The van der Waals surface area contributed by atoms with Gasteiger partial charge in [0.2, 0.25) is 10.0 Å². The summed E-state index contributed by atoms with van der Waals surface area (Å²) in [6, 6.07) is 3.64. The van der Waals surface area contributed by atoms with E-state index in [9.17, 15) is 8.42 Å². The molecule has 1 saturated heterocycles. The quantitative estimate of drug-likeness (QED) is 0.831. The van der Waals surface area contributed by atoms with E-state index in [0.717, 1.165) is 24.2 Å². The Morgan fingerprint density at radius 3 is 2.48 bits per heavy atom. The molecule has 2 heterocycles. The predicted octanol–water partition coefficient (Wildman–Crippen LogP) is 2.49. The first-order chi connectivity index (χ1) is 10.8. The monoisotopic (exact) mass is 338 g/mol. The first-order valence-electron chi connectivity index (χ1n) is 8.27. The highest BCUT2D eigenvalue weighted by Crippen LogP contribution is 2.37. The van der Waals surface area contributed by atoms with Crippen LogP contribution in [-0.4, -0.2) is 46.0 Å². The molecule has 0 unspecified atom stereocenters. The van der Waals surface area contributed by atoms with E-state index >= 15 is 0 Å². The predicted molar refractivity (Wildman–Crippen MR) is 91.6 cm³/mol. The van der Waals surface area contributed by atoms with Crippen LogP contribution >= 0.6 is 0 Å². The lowest BCUT2D eigenvalue weighted by Gasteiger charge is -2.35. The average molecular weight is 338 g/mol. The Bertz CT molecular complexity index is 692. The number of aryl methyl sites for hydroxylation is 1. The average Bonchev–Trinajstić information content (AvgIpc) is 2.46. The maximum Gasteiger partial charge on any atom is 0.243 e. The Hall–Kier alpha value is -1.27. The summed E-state index contributed by atoms with van der Waals surface area (Å²) in [6.07, 6.45) is 1.09. The van der Waals surface area contributed by atoms with Crippen molar-refractivity contribution in [2.24, 2.45) is 11.8 Å². The number of ether oxygens (including phenoxy) is 1. The molecule has 0 aliphatic carbocycles. The molecule has 2 atom stereocenters. The number of fused-ring (bicyclic) bond motifs is 1. The van der Waals surface area contributed by atoms with Crippen LogP contribution in [0.5, 0.6) is 5.75 Å². The summed E-state index contributed by atoms with van der Waals surface area (Å²) in [5.41, 5.74) is 1.75. The van der Waals surface area contributed by atoms with Crippen LogP contribution in [0, 0.1) is 18.8 Å². The van der Waals surface area contributed by atoms with Gasteiger partial charge < -0.3 is 9.64 Å². The maximum atomic E-state index is 13.1. The molecule has 5 nitrogen and oxygen atoms in total. The smallest absolute Gasteiger partial charge is 0.243 e. The van der Waals surface area contributed by atoms with Gasteiger partial charge in [-0.2, -0.15) is 4.31 Å². The van der Waals surface area contributed by atoms with Crippen LogP contribution in [0.1, 0.15) is 25.8 Å². The zero-order chi connectivity index (χ0) is 16.8. The maximum absolute atomic E-state index is 13.1. The first-order valence-corrected chi connectivity index (χ1v) is 9.71. The van der Waals surface area contributed by atoms with Gasteiger partial charge in [0.1, 0.15) is 12.4 Å². The van der Waals surface area contributed by atoms with Gasteiger partial charge in [0.05, 0.1) is 17.1 Å². The number of rotatable bonds is 2. The van der Waals surface area contributed by atoms with Crippen molar-refractivity contribution in [1.29, 1.82) is 0 Å². The third-order valence-electron chi connectivity index (χ3n) is 4.81. The van der Waals surface area contributed by atoms with Gasteiger partial charge in [-0.3, -0.25) is 0 Å². The molecule has 1 fully saturated rings. The van der Waals surface area contributed by atoms with Gasteiger partial charge in [0, 0.05) is 26.2 Å². The van der Waals surface area contributed by atoms with Crippen LogP contribution in [0.3, 0.4) is 0 Å². The SMILES string of the molecule is Cc1cc2c(cc1S(=O)(=O)N1C[C@H](C)C[C@@H](C)C1)OCCN2C. The largest absolute Gasteiger partial charge is 0.490 e. The normalized spacial score (nSPS) is 25.8. The summed E-state index contributed by atoms with van der Waals surface area (Å²) in [5.74, 6) is 1.46. The van der Waals surface area contributed by atoms with Gasteiger partial charge >= 0.3 is 0 Å². The van der Waals surface area contributed by atoms with E-state index in [1.54, 1.807) is 10.4 Å². The molecule has 0 aromatic heterocycles. The van der Waals surface area contributed by atoms with Crippen LogP contribution in [0.2, 0.25) is 0 Å². The summed E-state index contributed by atoms with van der Waals surface area (Å²) in [4.78, 5) is 2.49. The number of nitrogens with zero attached hydrogens (tertiary/aromatic N) is 2. The van der Waals surface area contributed by atoms with E-state index in [0.29, 0.717) is 42.2 Å². The van der Waals surface area contributed by atoms with Crippen molar-refractivity contribution in [2.45, 2.75) is 32.1 Å². The second-order valence-corrected chi connectivity index (χ2v) is 9.03. The van der Waals surface area contributed by atoms with Crippen molar-refractivity contribution in [3.8, 4) is 5.75 Å². The van der Waals surface area contributed by atoms with Crippen molar-refractivity contribution in [3.63, 3.8) is 0 Å². The van der Waals surface area contributed by atoms with Gasteiger partial charge in [0.15, 0.2) is 0 Å². The van der Waals surface area contributed by atoms with Crippen LogP contribution in [-0.2, 0) is 10.0 Å². The lowest BCUT2D eigenvalue weighted by Crippen LogP contribution is -2.42. The van der Waals surface area contributed by atoms with Gasteiger partial charge in [-0.1, -0.05) is 13.8 Å². The summed E-state index contributed by atoms with van der Waals surface area (Å²) < 4.78 is 33.6. The van der Waals surface area contributed by atoms with E-state index in [1.165, 1.54) is 0 Å². The minimum absolute atomic E-state index is 0.382. The second-order valence-electron chi connectivity index (χ2n) is 7.12. The molecule has 0 amide bonds. The minimum Gasteiger partial charge on any atom is -0.490 e. The van der Waals surface area contributed by atoms with Crippen molar-refractivity contribution in [2.75, 3.05) is 38.2 Å². The molecule has 6 heteroatoms. The zero-order valence-corrected chi connectivity index (χ0v) is 15.2. The Morgan fingerprint density at radius 2 is 1.83 bits per heavy atom. The summed E-state index contributed by atoms with van der Waals surface area (Å²) >= 11 is 0. The van der Waals surface area contributed by atoms with Crippen LogP contribution in [0.25, 0.3) is 0 Å². The van der Waals surface area contributed by atoms with Gasteiger partial charge in [0.25, 0.3) is 0 Å². The molecule has 128 valence electrons. The molecule has 2 aliphatic heterocycles. The molecule has 2 aliphatic rings. The van der Waals surface area contributed by atoms with E-state index in [1.807, 2.05) is 20.0 Å². The van der Waals surface area contributed by atoms with Crippen molar-refractivity contribution in [1.82, 2.24) is 4.31 Å². The molecule has 0 spiro atoms. The highest BCUT2D eigenvalue weighted by Gasteiger charge is 2.33. The fourth-order valence-electron chi connectivity index (χ4n) is 3.70. The molecular weight excluding hydrogens is 312 g/mol. The zero-order valence-electron chi connectivity index (χ0n) is 14.4. The molecular formula is C17H26N2O3S. The molecule has 1 aromatic carbocycles. The van der Waals surface area contributed by atoms with Crippen molar-refractivity contribution < 1.29 is 13.2 Å². The Labute approximate surface area is 139 Å². The summed E-state index contributed by atoms with van der Waals surface area (Å²) in [5, 5.41) is 0. The highest BCUT2D eigenvalue weighted by atomic mass is 32.2. The molecule has 23 heavy (non-hydrogen) atoms. The molecule has 3 rings (SSSR count). The number of likely N-dealkylation sites (N-methyl/N-ethyl adjacent to an activating group) is 1. The van der Waals surface area contributed by atoms with E-state index in [4.69, 9.17) is 4.74 Å². The van der Waals surface area contributed by atoms with Crippen LogP contribution < -0.4 is 9.64 Å². The lowest BCUT2D eigenvalue weighted by atomic mass is 9.94. The van der Waals surface area contributed by atoms with E-state index in [-0.39, 0.29) is 0 Å². The third kappa shape index (κ3) is 3.06. The second kappa shape index (κ2) is 5.98. The Kier molecular flexibility index (Phi) is 4.31. The van der Waals surface area contributed by atoms with Gasteiger partial charge in [-0.05, 0) is 36.8 Å². The first kappa shape index (κ1) is 16.6. The topological polar surface area (TPSA) is 49.9 Å². The molecule has 0 radical (unpaired) electrons. The van der Waals surface area contributed by atoms with Crippen molar-refractivity contribution in [3.05, 3.63) is 17.7 Å². The lowest BCUT2D eigenvalue weighted by molar-refractivity contribution is 0.222. The third-order valence-corrected chi connectivity index (χ3v) is 6.78. The molecule has 1 aromatic rings. The minimum atomic E-state index is -3.47. The Balaban J connectivity index is 2.00. The Morgan fingerprint density at radius 1 is 1.17 bits per heavy atom. The van der Waals surface area contributed by atoms with Gasteiger partial charge in [-0.25, -0.2) is 8.42 Å². The molecule has 0 saturated carbocycles. The van der Waals surface area contributed by atoms with Crippen LogP contribution in [0.15, 0.2) is 17.0 Å². The van der Waals surface area contributed by atoms with Gasteiger partial charge in [-0.15, -0.1) is 0 Å².